The first-order valence-corrected chi connectivity index (χ1v) is 14.2. The number of Topliss-reactive ketones (excluding diaryl/α,β-unsaturated/α-hetero) is 1. The van der Waals surface area contributed by atoms with E-state index in [1.807, 2.05) is 68.4 Å². The van der Waals surface area contributed by atoms with Gasteiger partial charge in [-0.1, -0.05) is 24.3 Å². The number of thiocarbonyl (C=S) groups is 1. The minimum atomic E-state index is -0.291. The predicted octanol–water partition coefficient (Wildman–Crippen LogP) is 7.22. The lowest BCUT2D eigenvalue weighted by atomic mass is 10.1. The molecule has 1 atom stereocenters. The highest BCUT2D eigenvalue weighted by Gasteiger charge is 2.20. The zero-order chi connectivity index (χ0) is 27.1. The molecular weight excluding hydrogens is 537 g/mol. The van der Waals surface area contributed by atoms with Gasteiger partial charge in [0.15, 0.2) is 16.0 Å². The van der Waals surface area contributed by atoms with Gasteiger partial charge in [-0.3, -0.25) is 9.59 Å². The molecule has 0 aliphatic carbocycles. The SMILES string of the molecule is CCOc1ccc2nc(NC(=O)C(CC)Sc3cccc(NC(=S)Nc4ccc(C(C)=O)cc4)c3)sc2c1. The van der Waals surface area contributed by atoms with Gasteiger partial charge in [0.05, 0.1) is 22.1 Å². The van der Waals surface area contributed by atoms with Gasteiger partial charge < -0.3 is 20.7 Å². The summed E-state index contributed by atoms with van der Waals surface area (Å²) in [4.78, 5) is 30.0. The molecule has 10 heteroatoms. The molecule has 0 saturated heterocycles. The number of ketones is 1. The first-order chi connectivity index (χ1) is 18.3. The number of nitrogens with zero attached hydrogens (tertiary/aromatic N) is 1. The fourth-order valence-electron chi connectivity index (χ4n) is 3.62. The maximum absolute atomic E-state index is 13.1. The van der Waals surface area contributed by atoms with Crippen LogP contribution in [0.3, 0.4) is 0 Å². The van der Waals surface area contributed by atoms with E-state index in [9.17, 15) is 9.59 Å². The van der Waals surface area contributed by atoms with E-state index in [4.69, 9.17) is 17.0 Å². The van der Waals surface area contributed by atoms with Crippen LogP contribution in [0.4, 0.5) is 16.5 Å². The standard InChI is InChI=1S/C28H28N4O3S3/c1-4-24(26(34)32-28-31-23-14-13-21(35-5-2)16-25(23)38-28)37-22-8-6-7-20(15-22)30-27(36)29-19-11-9-18(10-12-19)17(3)33/h6-16,24H,4-5H2,1-3H3,(H2,29,30,36)(H,31,32,34). The molecule has 0 aliphatic rings. The smallest absolute Gasteiger partial charge is 0.239 e. The van der Waals surface area contributed by atoms with E-state index in [0.29, 0.717) is 28.8 Å². The summed E-state index contributed by atoms with van der Waals surface area (Å²) >= 11 is 8.37. The van der Waals surface area contributed by atoms with E-state index in [2.05, 4.69) is 20.9 Å². The lowest BCUT2D eigenvalue weighted by Gasteiger charge is -2.15. The molecule has 1 heterocycles. The molecule has 1 amide bonds. The summed E-state index contributed by atoms with van der Waals surface area (Å²) in [6.45, 7) is 6.06. The highest BCUT2D eigenvalue weighted by Crippen LogP contribution is 2.32. The van der Waals surface area contributed by atoms with E-state index in [-0.39, 0.29) is 16.9 Å². The number of fused-ring (bicyclic) bond motifs is 1. The van der Waals surface area contributed by atoms with Gasteiger partial charge in [-0.15, -0.1) is 11.8 Å². The van der Waals surface area contributed by atoms with Crippen molar-refractivity contribution in [2.45, 2.75) is 37.3 Å². The van der Waals surface area contributed by atoms with Crippen LogP contribution >= 0.6 is 35.3 Å². The summed E-state index contributed by atoms with van der Waals surface area (Å²) < 4.78 is 6.52. The van der Waals surface area contributed by atoms with Crippen molar-refractivity contribution in [2.24, 2.45) is 0 Å². The van der Waals surface area contributed by atoms with Gasteiger partial charge in [-0.05, 0) is 93.1 Å². The van der Waals surface area contributed by atoms with Gasteiger partial charge in [0, 0.05) is 21.8 Å². The van der Waals surface area contributed by atoms with E-state index >= 15 is 0 Å². The Labute approximate surface area is 235 Å². The van der Waals surface area contributed by atoms with Crippen molar-refractivity contribution in [1.82, 2.24) is 4.98 Å². The lowest BCUT2D eigenvalue weighted by molar-refractivity contribution is -0.115. The maximum Gasteiger partial charge on any atom is 0.239 e. The Morgan fingerprint density at radius 2 is 1.76 bits per heavy atom. The van der Waals surface area contributed by atoms with Crippen LogP contribution in [-0.4, -0.2) is 33.6 Å². The molecule has 7 nitrogen and oxygen atoms in total. The number of rotatable bonds is 10. The molecule has 4 rings (SSSR count). The first kappa shape index (κ1) is 27.6. The number of nitrogens with one attached hydrogen (secondary N) is 3. The minimum absolute atomic E-state index is 0.0156. The minimum Gasteiger partial charge on any atom is -0.494 e. The van der Waals surface area contributed by atoms with Gasteiger partial charge in [0.2, 0.25) is 5.91 Å². The Hall–Kier alpha value is -3.47. The van der Waals surface area contributed by atoms with Crippen LogP contribution in [0.25, 0.3) is 10.2 Å². The summed E-state index contributed by atoms with van der Waals surface area (Å²) in [6.07, 6.45) is 0.657. The molecule has 196 valence electrons. The average molecular weight is 565 g/mol. The molecule has 38 heavy (non-hydrogen) atoms. The summed E-state index contributed by atoms with van der Waals surface area (Å²) in [5, 5.41) is 9.98. The monoisotopic (exact) mass is 564 g/mol. The normalized spacial score (nSPS) is 11.6. The van der Waals surface area contributed by atoms with Crippen LogP contribution in [-0.2, 0) is 4.79 Å². The molecular formula is C28H28N4O3S3. The Bertz CT molecular complexity index is 1450. The number of anilines is 3. The number of amides is 1. The van der Waals surface area contributed by atoms with Crippen molar-refractivity contribution in [3.63, 3.8) is 0 Å². The van der Waals surface area contributed by atoms with Gasteiger partial charge in [-0.25, -0.2) is 4.98 Å². The quantitative estimate of drug-likeness (QED) is 0.106. The van der Waals surface area contributed by atoms with Crippen LogP contribution in [0.15, 0.2) is 71.6 Å². The van der Waals surface area contributed by atoms with Gasteiger partial charge in [-0.2, -0.15) is 0 Å². The van der Waals surface area contributed by atoms with Crippen molar-refractivity contribution >= 4 is 78.8 Å². The number of benzene rings is 3. The third kappa shape index (κ3) is 7.31. The van der Waals surface area contributed by atoms with Crippen molar-refractivity contribution in [3.8, 4) is 5.75 Å². The number of hydrogen-bond acceptors (Lipinski definition) is 7. The number of carbonyl (C=O) groups excluding carboxylic acids is 2. The van der Waals surface area contributed by atoms with E-state index in [1.165, 1.54) is 30.0 Å². The molecule has 0 spiro atoms. The number of hydrogen-bond donors (Lipinski definition) is 3. The second kappa shape index (κ2) is 12.9. The van der Waals surface area contributed by atoms with Gasteiger partial charge >= 0.3 is 0 Å². The Kier molecular flexibility index (Phi) is 9.33. The van der Waals surface area contributed by atoms with E-state index in [1.54, 1.807) is 12.1 Å². The first-order valence-electron chi connectivity index (χ1n) is 12.1. The molecule has 3 aromatic carbocycles. The topological polar surface area (TPSA) is 92.3 Å². The van der Waals surface area contributed by atoms with Gasteiger partial charge in [0.25, 0.3) is 0 Å². The Balaban J connectivity index is 1.36. The van der Waals surface area contributed by atoms with Crippen LogP contribution in [0.5, 0.6) is 5.75 Å². The van der Waals surface area contributed by atoms with Crippen LogP contribution in [0.2, 0.25) is 0 Å². The van der Waals surface area contributed by atoms with Crippen molar-refractivity contribution in [1.29, 1.82) is 0 Å². The number of ether oxygens (including phenoxy) is 1. The molecule has 0 fully saturated rings. The molecule has 0 radical (unpaired) electrons. The van der Waals surface area contributed by atoms with Gasteiger partial charge in [0.1, 0.15) is 5.75 Å². The summed E-state index contributed by atoms with van der Waals surface area (Å²) in [7, 11) is 0. The second-order valence-electron chi connectivity index (χ2n) is 8.33. The molecule has 1 aromatic heterocycles. The highest BCUT2D eigenvalue weighted by molar-refractivity contribution is 8.00. The molecule has 3 N–H and O–H groups in total. The summed E-state index contributed by atoms with van der Waals surface area (Å²) in [5.41, 5.74) is 3.06. The van der Waals surface area contributed by atoms with E-state index in [0.717, 1.165) is 32.2 Å². The van der Waals surface area contributed by atoms with Crippen molar-refractivity contribution in [3.05, 3.63) is 72.3 Å². The third-order valence-electron chi connectivity index (χ3n) is 5.48. The molecule has 4 aromatic rings. The molecule has 1 unspecified atom stereocenters. The van der Waals surface area contributed by atoms with Crippen molar-refractivity contribution < 1.29 is 14.3 Å². The maximum atomic E-state index is 13.1. The van der Waals surface area contributed by atoms with Crippen molar-refractivity contribution in [2.75, 3.05) is 22.6 Å². The number of thioether (sulfide) groups is 1. The predicted molar refractivity (Wildman–Crippen MR) is 162 cm³/mol. The molecule has 0 saturated carbocycles. The third-order valence-corrected chi connectivity index (χ3v) is 7.98. The molecule has 0 bridgehead atoms. The second-order valence-corrected chi connectivity index (χ2v) is 11.0. The van der Waals surface area contributed by atoms with E-state index < -0.39 is 0 Å². The van der Waals surface area contributed by atoms with Crippen LogP contribution in [0.1, 0.15) is 37.6 Å². The van der Waals surface area contributed by atoms with Crippen LogP contribution < -0.4 is 20.7 Å². The average Bonchev–Trinajstić information content (AvgIpc) is 3.29. The number of thiazole rings is 1. The largest absolute Gasteiger partial charge is 0.494 e. The fourth-order valence-corrected chi connectivity index (χ4v) is 5.76. The molecule has 0 aliphatic heterocycles. The van der Waals surface area contributed by atoms with Crippen LogP contribution in [0, 0.1) is 0 Å². The summed E-state index contributed by atoms with van der Waals surface area (Å²) in [5.74, 6) is 0.713. The zero-order valence-corrected chi connectivity index (χ0v) is 23.7. The highest BCUT2D eigenvalue weighted by atomic mass is 32.2. The Morgan fingerprint density at radius 3 is 2.47 bits per heavy atom. The number of carbonyl (C=O) groups is 2. The Morgan fingerprint density at radius 1 is 1.00 bits per heavy atom. The summed E-state index contributed by atoms with van der Waals surface area (Å²) in [6, 6.07) is 20.6. The zero-order valence-electron chi connectivity index (χ0n) is 21.2. The lowest BCUT2D eigenvalue weighted by Crippen LogP contribution is -2.24. The fraction of sp³-hybridized carbons (Fsp3) is 0.214. The number of aromatic nitrogens is 1.